The molecule has 3 nitrogen and oxygen atoms in total. The number of thiophene rings is 1. The number of aryl methyl sites for hydroxylation is 1. The van der Waals surface area contributed by atoms with Crippen LogP contribution in [-0.2, 0) is 6.42 Å². The van der Waals surface area contributed by atoms with Gasteiger partial charge in [-0.15, -0.1) is 22.7 Å². The lowest BCUT2D eigenvalue weighted by Crippen LogP contribution is -1.94. The van der Waals surface area contributed by atoms with Crippen LogP contribution in [0.3, 0.4) is 0 Å². The molecule has 4 aromatic rings. The zero-order valence-electron chi connectivity index (χ0n) is 12.5. The largest absolute Gasteiger partial charge is 0.285 e. The van der Waals surface area contributed by atoms with Crippen molar-refractivity contribution >= 4 is 27.6 Å². The van der Waals surface area contributed by atoms with Crippen molar-refractivity contribution in [3.63, 3.8) is 0 Å². The molecule has 3 aromatic heterocycles. The van der Waals surface area contributed by atoms with Crippen molar-refractivity contribution in [1.82, 2.24) is 9.38 Å². The number of imidazole rings is 1. The Morgan fingerprint density at radius 2 is 2.00 bits per heavy atom. The van der Waals surface area contributed by atoms with Gasteiger partial charge in [-0.3, -0.25) is 4.40 Å². The number of hydrogen-bond donors (Lipinski definition) is 0. The minimum atomic E-state index is 0.347. The first-order valence-electron chi connectivity index (χ1n) is 7.24. The molecule has 0 saturated carbocycles. The standard InChI is InChI=1S/C18H13N3S2/c1-12-4-6-13(7-5-12)17-14(8-9-19)21-15(11-23-18(21)20-17)16-3-2-10-22-16/h2-7,10-11H,8H2,1H3. The maximum atomic E-state index is 9.29. The molecule has 0 N–H and O–H groups in total. The number of benzene rings is 1. The van der Waals surface area contributed by atoms with Crippen LogP contribution in [-0.4, -0.2) is 9.38 Å². The van der Waals surface area contributed by atoms with Gasteiger partial charge in [0.1, 0.15) is 0 Å². The first kappa shape index (κ1) is 14.2. The van der Waals surface area contributed by atoms with Crippen LogP contribution in [0.5, 0.6) is 0 Å². The maximum Gasteiger partial charge on any atom is 0.195 e. The monoisotopic (exact) mass is 335 g/mol. The van der Waals surface area contributed by atoms with Gasteiger partial charge in [0.2, 0.25) is 0 Å². The smallest absolute Gasteiger partial charge is 0.195 e. The molecule has 5 heteroatoms. The fourth-order valence-corrected chi connectivity index (χ4v) is 4.41. The maximum absolute atomic E-state index is 9.29. The van der Waals surface area contributed by atoms with E-state index in [0.717, 1.165) is 27.6 Å². The highest BCUT2D eigenvalue weighted by Crippen LogP contribution is 2.34. The molecular weight excluding hydrogens is 322 g/mol. The van der Waals surface area contributed by atoms with Crippen LogP contribution in [0.15, 0.2) is 47.2 Å². The Bertz CT molecular complexity index is 999. The van der Waals surface area contributed by atoms with Crippen molar-refractivity contribution in [2.75, 3.05) is 0 Å². The van der Waals surface area contributed by atoms with Crippen molar-refractivity contribution < 1.29 is 0 Å². The summed E-state index contributed by atoms with van der Waals surface area (Å²) >= 11 is 3.32. The molecule has 0 spiro atoms. The molecule has 0 amide bonds. The van der Waals surface area contributed by atoms with Gasteiger partial charge in [0, 0.05) is 10.9 Å². The second kappa shape index (κ2) is 5.65. The van der Waals surface area contributed by atoms with E-state index in [1.165, 1.54) is 10.4 Å². The van der Waals surface area contributed by atoms with Crippen LogP contribution in [0, 0.1) is 18.3 Å². The van der Waals surface area contributed by atoms with E-state index in [2.05, 4.69) is 58.5 Å². The highest BCUT2D eigenvalue weighted by molar-refractivity contribution is 7.17. The van der Waals surface area contributed by atoms with Gasteiger partial charge in [-0.25, -0.2) is 4.98 Å². The lowest BCUT2D eigenvalue weighted by molar-refractivity contribution is 1.08. The normalized spacial score (nSPS) is 11.0. The third kappa shape index (κ3) is 2.37. The quantitative estimate of drug-likeness (QED) is 0.518. The fourth-order valence-electron chi connectivity index (χ4n) is 2.69. The van der Waals surface area contributed by atoms with Crippen molar-refractivity contribution in [1.29, 1.82) is 5.26 Å². The summed E-state index contributed by atoms with van der Waals surface area (Å²) in [6, 6.07) is 14.8. The highest BCUT2D eigenvalue weighted by Gasteiger charge is 2.18. The molecule has 0 atom stereocenters. The summed E-state index contributed by atoms with van der Waals surface area (Å²) < 4.78 is 2.13. The van der Waals surface area contributed by atoms with Gasteiger partial charge < -0.3 is 0 Å². The number of hydrogen-bond acceptors (Lipinski definition) is 4. The van der Waals surface area contributed by atoms with Crippen LogP contribution in [0.1, 0.15) is 11.3 Å². The Morgan fingerprint density at radius 1 is 1.17 bits per heavy atom. The molecule has 3 heterocycles. The highest BCUT2D eigenvalue weighted by atomic mass is 32.1. The van der Waals surface area contributed by atoms with Gasteiger partial charge in [0.15, 0.2) is 4.96 Å². The second-order valence-electron chi connectivity index (χ2n) is 5.32. The third-order valence-electron chi connectivity index (χ3n) is 3.80. The average molecular weight is 335 g/mol. The zero-order valence-corrected chi connectivity index (χ0v) is 14.1. The van der Waals surface area contributed by atoms with Crippen molar-refractivity contribution in [2.24, 2.45) is 0 Å². The number of nitrogens with zero attached hydrogens (tertiary/aromatic N) is 3. The van der Waals surface area contributed by atoms with Gasteiger partial charge >= 0.3 is 0 Å². The number of aromatic nitrogens is 2. The Labute approximate surface area is 142 Å². The first-order valence-corrected chi connectivity index (χ1v) is 9.00. The molecule has 0 radical (unpaired) electrons. The second-order valence-corrected chi connectivity index (χ2v) is 7.11. The summed E-state index contributed by atoms with van der Waals surface area (Å²) in [6.45, 7) is 2.07. The van der Waals surface area contributed by atoms with E-state index in [1.54, 1.807) is 22.7 Å². The molecule has 0 saturated heterocycles. The van der Waals surface area contributed by atoms with Crippen molar-refractivity contribution in [2.45, 2.75) is 13.3 Å². The molecule has 1 aromatic carbocycles. The van der Waals surface area contributed by atoms with Crippen LogP contribution in [0.25, 0.3) is 26.8 Å². The van der Waals surface area contributed by atoms with Crippen molar-refractivity contribution in [3.8, 4) is 27.9 Å². The Morgan fingerprint density at radius 3 is 2.70 bits per heavy atom. The molecule has 0 unspecified atom stereocenters. The predicted octanol–water partition coefficient (Wildman–Crippen LogP) is 5.17. The summed E-state index contributed by atoms with van der Waals surface area (Å²) in [4.78, 5) is 6.93. The van der Waals surface area contributed by atoms with Crippen LogP contribution in [0.2, 0.25) is 0 Å². The Kier molecular flexibility index (Phi) is 3.49. The van der Waals surface area contributed by atoms with E-state index in [0.29, 0.717) is 6.42 Å². The molecule has 0 fully saturated rings. The van der Waals surface area contributed by atoms with Gasteiger partial charge in [0.25, 0.3) is 0 Å². The zero-order chi connectivity index (χ0) is 15.8. The van der Waals surface area contributed by atoms with E-state index < -0.39 is 0 Å². The van der Waals surface area contributed by atoms with E-state index in [4.69, 9.17) is 4.98 Å². The minimum absolute atomic E-state index is 0.347. The lowest BCUT2D eigenvalue weighted by Gasteiger charge is -2.03. The van der Waals surface area contributed by atoms with Gasteiger partial charge in [0.05, 0.1) is 34.4 Å². The number of fused-ring (bicyclic) bond motifs is 1. The van der Waals surface area contributed by atoms with Gasteiger partial charge in [-0.1, -0.05) is 35.9 Å². The van der Waals surface area contributed by atoms with Crippen LogP contribution >= 0.6 is 22.7 Å². The summed E-state index contributed by atoms with van der Waals surface area (Å²) in [5.74, 6) is 0. The Balaban J connectivity index is 1.97. The first-order chi connectivity index (χ1) is 11.3. The van der Waals surface area contributed by atoms with Crippen LogP contribution in [0.4, 0.5) is 0 Å². The molecule has 112 valence electrons. The van der Waals surface area contributed by atoms with E-state index in [9.17, 15) is 5.26 Å². The lowest BCUT2D eigenvalue weighted by atomic mass is 10.1. The molecule has 0 bridgehead atoms. The van der Waals surface area contributed by atoms with E-state index in [1.807, 2.05) is 6.07 Å². The molecule has 0 aliphatic heterocycles. The molecule has 0 aliphatic carbocycles. The summed E-state index contributed by atoms with van der Waals surface area (Å²) in [6.07, 6.45) is 0.347. The average Bonchev–Trinajstić information content (AvgIpc) is 3.26. The minimum Gasteiger partial charge on any atom is -0.285 e. The molecule has 23 heavy (non-hydrogen) atoms. The molecule has 0 aliphatic rings. The van der Waals surface area contributed by atoms with E-state index in [-0.39, 0.29) is 0 Å². The number of rotatable bonds is 3. The summed E-state index contributed by atoms with van der Waals surface area (Å²) in [5.41, 5.74) is 5.29. The van der Waals surface area contributed by atoms with Crippen LogP contribution < -0.4 is 0 Å². The topological polar surface area (TPSA) is 41.1 Å². The third-order valence-corrected chi connectivity index (χ3v) is 5.52. The fraction of sp³-hybridized carbons (Fsp3) is 0.111. The number of nitriles is 1. The Hall–Kier alpha value is -2.42. The number of thiazole rings is 1. The van der Waals surface area contributed by atoms with Crippen molar-refractivity contribution in [3.05, 3.63) is 58.4 Å². The van der Waals surface area contributed by atoms with Gasteiger partial charge in [-0.2, -0.15) is 5.26 Å². The molecule has 4 rings (SSSR count). The molecular formula is C18H13N3S2. The van der Waals surface area contributed by atoms with Gasteiger partial charge in [-0.05, 0) is 18.4 Å². The van der Waals surface area contributed by atoms with E-state index >= 15 is 0 Å². The predicted molar refractivity (Wildman–Crippen MR) is 95.9 cm³/mol. The SMILES string of the molecule is Cc1ccc(-c2nc3scc(-c4cccs4)n3c2CC#N)cc1. The summed E-state index contributed by atoms with van der Waals surface area (Å²) in [7, 11) is 0. The summed E-state index contributed by atoms with van der Waals surface area (Å²) in [5, 5.41) is 13.5.